The molecule has 2 amide bonds. The molecule has 1 saturated heterocycles. The molecule has 3 rings (SSSR count). The molecule has 1 aliphatic carbocycles. The van der Waals surface area contributed by atoms with E-state index in [0.717, 1.165) is 6.42 Å². The minimum atomic E-state index is -3.09. The lowest BCUT2D eigenvalue weighted by atomic mass is 10.0. The van der Waals surface area contributed by atoms with E-state index in [2.05, 4.69) is 42.7 Å². The standard InChI is InChI=1S/C18H26N2O3S/c1-11-4-6-14-9-12(2)17(16(14)8-11)20-18(21)19-15-7-5-13(3)24(22,23)10-15/h4,6,8,12-13,15,17H,5,7,9-10H2,1-3H3,(H2,19,20,21)/t12-,13?,15?,17+/m1/s1. The van der Waals surface area contributed by atoms with Crippen LogP contribution in [0.2, 0.25) is 0 Å². The lowest BCUT2D eigenvalue weighted by Gasteiger charge is -2.28. The first-order valence-electron chi connectivity index (χ1n) is 8.64. The van der Waals surface area contributed by atoms with Gasteiger partial charge in [0.2, 0.25) is 0 Å². The molecule has 132 valence electrons. The van der Waals surface area contributed by atoms with Crippen LogP contribution in [0.15, 0.2) is 18.2 Å². The second kappa shape index (κ2) is 6.39. The van der Waals surface area contributed by atoms with Gasteiger partial charge in [0.1, 0.15) is 0 Å². The van der Waals surface area contributed by atoms with Crippen molar-refractivity contribution in [1.29, 1.82) is 0 Å². The topological polar surface area (TPSA) is 75.3 Å². The van der Waals surface area contributed by atoms with Crippen molar-refractivity contribution >= 4 is 15.9 Å². The number of carbonyl (C=O) groups is 1. The smallest absolute Gasteiger partial charge is 0.315 e. The molecule has 0 aromatic heterocycles. The van der Waals surface area contributed by atoms with E-state index in [1.807, 2.05) is 0 Å². The van der Waals surface area contributed by atoms with Gasteiger partial charge in [-0.3, -0.25) is 0 Å². The third-order valence-corrected chi connectivity index (χ3v) is 7.67. The van der Waals surface area contributed by atoms with Crippen LogP contribution in [0.5, 0.6) is 0 Å². The minimum absolute atomic E-state index is 0.0148. The molecule has 1 aliphatic heterocycles. The predicted octanol–water partition coefficient (Wildman–Crippen LogP) is 2.49. The summed E-state index contributed by atoms with van der Waals surface area (Å²) in [5.41, 5.74) is 3.65. The Balaban J connectivity index is 1.65. The van der Waals surface area contributed by atoms with E-state index in [1.165, 1.54) is 16.7 Å². The zero-order valence-electron chi connectivity index (χ0n) is 14.5. The van der Waals surface area contributed by atoms with Gasteiger partial charge in [0.15, 0.2) is 9.84 Å². The van der Waals surface area contributed by atoms with Crippen LogP contribution >= 0.6 is 0 Å². The summed E-state index contributed by atoms with van der Waals surface area (Å²) in [5, 5.41) is 5.61. The first-order chi connectivity index (χ1) is 11.3. The monoisotopic (exact) mass is 350 g/mol. The average molecular weight is 350 g/mol. The van der Waals surface area contributed by atoms with Crippen molar-refractivity contribution in [2.75, 3.05) is 5.75 Å². The molecule has 2 unspecified atom stereocenters. The molecule has 0 spiro atoms. The Kier molecular flexibility index (Phi) is 4.60. The summed E-state index contributed by atoms with van der Waals surface area (Å²) in [5.74, 6) is 0.375. The van der Waals surface area contributed by atoms with Crippen LogP contribution in [-0.2, 0) is 16.3 Å². The van der Waals surface area contributed by atoms with Crippen LogP contribution in [0.4, 0.5) is 4.79 Å². The van der Waals surface area contributed by atoms with Crippen molar-refractivity contribution in [2.45, 2.75) is 57.4 Å². The van der Waals surface area contributed by atoms with E-state index in [-0.39, 0.29) is 29.1 Å². The highest BCUT2D eigenvalue weighted by atomic mass is 32.2. The molecule has 2 aliphatic rings. The van der Waals surface area contributed by atoms with Crippen LogP contribution < -0.4 is 10.6 Å². The summed E-state index contributed by atoms with van der Waals surface area (Å²) in [4.78, 5) is 12.4. The maximum atomic E-state index is 12.4. The summed E-state index contributed by atoms with van der Waals surface area (Å²) < 4.78 is 24.0. The number of nitrogens with one attached hydrogen (secondary N) is 2. The highest BCUT2D eigenvalue weighted by Crippen LogP contribution is 2.36. The molecule has 1 heterocycles. The Labute approximate surface area is 144 Å². The van der Waals surface area contributed by atoms with Crippen LogP contribution in [0, 0.1) is 12.8 Å². The quantitative estimate of drug-likeness (QED) is 0.860. The van der Waals surface area contributed by atoms with Gasteiger partial charge in [0, 0.05) is 6.04 Å². The molecule has 1 aromatic carbocycles. The average Bonchev–Trinajstić information content (AvgIpc) is 2.78. The van der Waals surface area contributed by atoms with Crippen molar-refractivity contribution < 1.29 is 13.2 Å². The fourth-order valence-electron chi connectivity index (χ4n) is 3.81. The molecular weight excluding hydrogens is 324 g/mol. The molecular formula is C18H26N2O3S. The van der Waals surface area contributed by atoms with Crippen molar-refractivity contribution in [3.05, 3.63) is 34.9 Å². The molecule has 0 radical (unpaired) electrons. The Morgan fingerprint density at radius 2 is 1.92 bits per heavy atom. The third-order valence-electron chi connectivity index (χ3n) is 5.34. The SMILES string of the molecule is Cc1ccc2c(c1)[C@@H](NC(=O)NC1CCC(C)S(=O)(=O)C1)[C@H](C)C2. The number of aryl methyl sites for hydroxylation is 1. The molecule has 1 fully saturated rings. The van der Waals surface area contributed by atoms with Gasteiger partial charge in [-0.2, -0.15) is 0 Å². The molecule has 1 aromatic rings. The van der Waals surface area contributed by atoms with Crippen LogP contribution in [0.3, 0.4) is 0 Å². The van der Waals surface area contributed by atoms with Crippen molar-refractivity contribution in [1.82, 2.24) is 10.6 Å². The van der Waals surface area contributed by atoms with Crippen LogP contribution in [-0.4, -0.2) is 31.5 Å². The van der Waals surface area contributed by atoms with Gasteiger partial charge in [-0.25, -0.2) is 13.2 Å². The molecule has 4 atom stereocenters. The number of amides is 2. The predicted molar refractivity (Wildman–Crippen MR) is 94.7 cm³/mol. The van der Waals surface area contributed by atoms with Gasteiger partial charge in [-0.05, 0) is 50.2 Å². The fraction of sp³-hybridized carbons (Fsp3) is 0.611. The first kappa shape index (κ1) is 17.3. The van der Waals surface area contributed by atoms with Gasteiger partial charge in [-0.1, -0.05) is 30.7 Å². The maximum Gasteiger partial charge on any atom is 0.315 e. The highest BCUT2D eigenvalue weighted by molar-refractivity contribution is 7.92. The molecule has 24 heavy (non-hydrogen) atoms. The maximum absolute atomic E-state index is 12.4. The number of urea groups is 1. The summed E-state index contributed by atoms with van der Waals surface area (Å²) >= 11 is 0. The van der Waals surface area contributed by atoms with Crippen LogP contribution in [0.25, 0.3) is 0 Å². The van der Waals surface area contributed by atoms with Gasteiger partial charge in [0.25, 0.3) is 0 Å². The number of hydrogen-bond acceptors (Lipinski definition) is 3. The number of benzene rings is 1. The van der Waals surface area contributed by atoms with E-state index >= 15 is 0 Å². The Bertz CT molecular complexity index is 745. The number of carbonyl (C=O) groups excluding carboxylic acids is 1. The second-order valence-electron chi connectivity index (χ2n) is 7.39. The largest absolute Gasteiger partial charge is 0.334 e. The second-order valence-corrected chi connectivity index (χ2v) is 9.86. The normalized spacial score (nSPS) is 31.3. The lowest BCUT2D eigenvalue weighted by Crippen LogP contribution is -2.49. The van der Waals surface area contributed by atoms with Crippen molar-refractivity contribution in [3.63, 3.8) is 0 Å². The summed E-state index contributed by atoms with van der Waals surface area (Å²) in [6.07, 6.45) is 2.27. The number of sulfone groups is 1. The third kappa shape index (κ3) is 3.43. The van der Waals surface area contributed by atoms with Crippen LogP contribution in [0.1, 0.15) is 49.4 Å². The van der Waals surface area contributed by atoms with Gasteiger partial charge < -0.3 is 10.6 Å². The Morgan fingerprint density at radius 3 is 2.62 bits per heavy atom. The van der Waals surface area contributed by atoms with E-state index in [4.69, 9.17) is 0 Å². The lowest BCUT2D eigenvalue weighted by molar-refractivity contribution is 0.229. The van der Waals surface area contributed by atoms with E-state index in [1.54, 1.807) is 6.92 Å². The molecule has 5 nitrogen and oxygen atoms in total. The Morgan fingerprint density at radius 1 is 1.17 bits per heavy atom. The summed E-state index contributed by atoms with van der Waals surface area (Å²) in [6, 6.07) is 5.80. The number of rotatable bonds is 2. The minimum Gasteiger partial charge on any atom is -0.334 e. The Hall–Kier alpha value is -1.56. The molecule has 2 N–H and O–H groups in total. The summed E-state index contributed by atoms with van der Waals surface area (Å²) in [7, 11) is -3.09. The molecule has 6 heteroatoms. The highest BCUT2D eigenvalue weighted by Gasteiger charge is 2.34. The van der Waals surface area contributed by atoms with Crippen molar-refractivity contribution in [3.8, 4) is 0 Å². The van der Waals surface area contributed by atoms with Gasteiger partial charge in [-0.15, -0.1) is 0 Å². The number of hydrogen-bond donors (Lipinski definition) is 2. The van der Waals surface area contributed by atoms with E-state index in [9.17, 15) is 13.2 Å². The molecule has 0 saturated carbocycles. The van der Waals surface area contributed by atoms with E-state index in [0.29, 0.717) is 18.8 Å². The first-order valence-corrected chi connectivity index (χ1v) is 10.4. The summed E-state index contributed by atoms with van der Waals surface area (Å²) in [6.45, 7) is 5.92. The van der Waals surface area contributed by atoms with Gasteiger partial charge in [0.05, 0.1) is 17.0 Å². The van der Waals surface area contributed by atoms with Crippen molar-refractivity contribution in [2.24, 2.45) is 5.92 Å². The number of fused-ring (bicyclic) bond motifs is 1. The zero-order chi connectivity index (χ0) is 17.5. The van der Waals surface area contributed by atoms with E-state index < -0.39 is 9.84 Å². The fourth-order valence-corrected chi connectivity index (χ4v) is 5.44. The zero-order valence-corrected chi connectivity index (χ0v) is 15.3. The van der Waals surface area contributed by atoms with Gasteiger partial charge >= 0.3 is 6.03 Å². The molecule has 0 bridgehead atoms.